The number of alkyl carbamates (subject to hydrolysis) is 1. The van der Waals surface area contributed by atoms with Crippen LogP contribution in [-0.2, 0) is 14.6 Å². The Kier molecular flexibility index (Phi) is 5.29. The van der Waals surface area contributed by atoms with E-state index in [0.29, 0.717) is 34.6 Å². The Labute approximate surface area is 184 Å². The molecule has 0 aliphatic heterocycles. The molecule has 2 aromatic heterocycles. The molecule has 3 aromatic rings. The fourth-order valence-electron chi connectivity index (χ4n) is 4.07. The van der Waals surface area contributed by atoms with E-state index in [-0.39, 0.29) is 27.9 Å². The van der Waals surface area contributed by atoms with Gasteiger partial charge < -0.3 is 20.0 Å². The summed E-state index contributed by atoms with van der Waals surface area (Å²) < 4.78 is 32.0. The second kappa shape index (κ2) is 7.56. The lowest BCUT2D eigenvalue weighted by atomic mass is 10.1. The Bertz CT molecular complexity index is 1340. The van der Waals surface area contributed by atoms with E-state index in [9.17, 15) is 18.0 Å². The predicted molar refractivity (Wildman–Crippen MR) is 119 cm³/mol. The number of aromatic nitrogens is 2. The van der Waals surface area contributed by atoms with Crippen molar-refractivity contribution in [1.29, 1.82) is 0 Å². The number of fused-ring (bicyclic) bond motifs is 3. The molecule has 1 aliphatic carbocycles. The molecule has 1 amide bonds. The quantitative estimate of drug-likeness (QED) is 0.542. The average molecular weight is 466 g/mol. The number of rotatable bonds is 3. The van der Waals surface area contributed by atoms with E-state index in [2.05, 4.69) is 15.3 Å². The van der Waals surface area contributed by atoms with E-state index >= 15 is 0 Å². The van der Waals surface area contributed by atoms with Gasteiger partial charge in [-0.3, -0.25) is 4.79 Å². The molecule has 2 heterocycles. The lowest BCUT2D eigenvalue weighted by Gasteiger charge is -2.21. The summed E-state index contributed by atoms with van der Waals surface area (Å²) in [5.74, 6) is 0. The van der Waals surface area contributed by atoms with Crippen LogP contribution in [0.5, 0.6) is 0 Å². The Balaban J connectivity index is 1.63. The molecule has 10 heteroatoms. The molecule has 0 saturated heterocycles. The molecule has 1 aromatic carbocycles. The maximum atomic E-state index is 13.4. The van der Waals surface area contributed by atoms with Crippen molar-refractivity contribution < 1.29 is 17.9 Å². The Morgan fingerprint density at radius 3 is 2.68 bits per heavy atom. The number of pyridine rings is 1. The predicted octanol–water partition coefficient (Wildman–Crippen LogP) is 3.88. The van der Waals surface area contributed by atoms with Gasteiger partial charge in [0.05, 0.1) is 20.7 Å². The first kappa shape index (κ1) is 21.7. The molecule has 1 aliphatic rings. The monoisotopic (exact) mass is 465 g/mol. The van der Waals surface area contributed by atoms with Crippen LogP contribution in [-0.4, -0.2) is 41.4 Å². The molecule has 1 unspecified atom stereocenters. The molecule has 166 valence electrons. The highest BCUT2D eigenvalue weighted by molar-refractivity contribution is 7.92. The standard InChI is InChI=1S/C21H24ClN3O5S/c1-21(2,3)30-20(27)24-11-4-5-12(8-11)31(28,29)17-9-14-13-6-7-23-18(13)19(26)25-16(14)10-15(17)22/h6-7,9-12,23H,4-5,8H2,1-3H3,(H,24,27)(H,25,26)/t11?,12-/m0/s1. The summed E-state index contributed by atoms with van der Waals surface area (Å²) in [5.41, 5.74) is -0.0826. The molecule has 1 fully saturated rings. The molecule has 31 heavy (non-hydrogen) atoms. The summed E-state index contributed by atoms with van der Waals surface area (Å²) in [7, 11) is -3.75. The van der Waals surface area contributed by atoms with Gasteiger partial charge in [-0.15, -0.1) is 0 Å². The first-order valence-electron chi connectivity index (χ1n) is 10.0. The Morgan fingerprint density at radius 1 is 1.23 bits per heavy atom. The van der Waals surface area contributed by atoms with Gasteiger partial charge in [0.15, 0.2) is 9.84 Å². The van der Waals surface area contributed by atoms with Crippen molar-refractivity contribution >= 4 is 49.3 Å². The summed E-state index contributed by atoms with van der Waals surface area (Å²) >= 11 is 6.34. The second-order valence-electron chi connectivity index (χ2n) is 8.87. The fraction of sp³-hybridized carbons (Fsp3) is 0.429. The third-order valence-corrected chi connectivity index (χ3v) is 8.12. The van der Waals surface area contributed by atoms with Gasteiger partial charge in [-0.25, -0.2) is 13.2 Å². The average Bonchev–Trinajstić information content (AvgIpc) is 3.29. The second-order valence-corrected chi connectivity index (χ2v) is 11.5. The van der Waals surface area contributed by atoms with Crippen molar-refractivity contribution in [3.63, 3.8) is 0 Å². The van der Waals surface area contributed by atoms with Crippen molar-refractivity contribution in [2.75, 3.05) is 0 Å². The zero-order valence-electron chi connectivity index (χ0n) is 17.4. The van der Waals surface area contributed by atoms with Crippen molar-refractivity contribution in [2.45, 2.75) is 61.8 Å². The number of aromatic amines is 2. The van der Waals surface area contributed by atoms with Gasteiger partial charge in [0.2, 0.25) is 0 Å². The molecule has 0 radical (unpaired) electrons. The van der Waals surface area contributed by atoms with E-state index in [0.717, 1.165) is 0 Å². The summed E-state index contributed by atoms with van der Waals surface area (Å²) in [6, 6.07) is 4.44. The Morgan fingerprint density at radius 2 is 1.97 bits per heavy atom. The minimum atomic E-state index is -3.75. The number of carbonyl (C=O) groups is 1. The third-order valence-electron chi connectivity index (χ3n) is 5.44. The number of amides is 1. The van der Waals surface area contributed by atoms with Gasteiger partial charge in [-0.05, 0) is 58.2 Å². The van der Waals surface area contributed by atoms with Crippen LogP contribution in [0.2, 0.25) is 5.02 Å². The molecular weight excluding hydrogens is 442 g/mol. The lowest BCUT2D eigenvalue weighted by Crippen LogP contribution is -2.38. The van der Waals surface area contributed by atoms with Crippen LogP contribution in [0.4, 0.5) is 4.79 Å². The topological polar surface area (TPSA) is 121 Å². The summed E-state index contributed by atoms with van der Waals surface area (Å²) in [6.45, 7) is 5.31. The van der Waals surface area contributed by atoms with Gasteiger partial charge in [-0.2, -0.15) is 0 Å². The van der Waals surface area contributed by atoms with Gasteiger partial charge in [-0.1, -0.05) is 11.6 Å². The van der Waals surface area contributed by atoms with E-state index in [1.54, 1.807) is 33.0 Å². The van der Waals surface area contributed by atoms with E-state index < -0.39 is 26.8 Å². The first-order chi connectivity index (χ1) is 14.5. The summed E-state index contributed by atoms with van der Waals surface area (Å²) in [4.78, 5) is 29.8. The highest BCUT2D eigenvalue weighted by Gasteiger charge is 2.37. The normalized spacial score (nSPS) is 19.7. The van der Waals surface area contributed by atoms with Crippen molar-refractivity contribution in [2.24, 2.45) is 0 Å². The number of benzene rings is 1. The SMILES string of the molecule is CC(C)(C)OC(=O)NC1CC[C@H](S(=O)(=O)c2cc3c(cc2Cl)[nH]c(=O)c2[nH]ccc23)C1. The largest absolute Gasteiger partial charge is 0.444 e. The van der Waals surface area contributed by atoms with Gasteiger partial charge in [0.1, 0.15) is 11.1 Å². The number of hydrogen-bond donors (Lipinski definition) is 3. The van der Waals surface area contributed by atoms with Crippen LogP contribution in [0.25, 0.3) is 21.8 Å². The number of hydrogen-bond acceptors (Lipinski definition) is 5. The highest BCUT2D eigenvalue weighted by atomic mass is 35.5. The van der Waals surface area contributed by atoms with Crippen LogP contribution < -0.4 is 10.9 Å². The van der Waals surface area contributed by atoms with Crippen molar-refractivity contribution in [1.82, 2.24) is 15.3 Å². The lowest BCUT2D eigenvalue weighted by molar-refractivity contribution is 0.0505. The van der Waals surface area contributed by atoms with Gasteiger partial charge in [0, 0.05) is 23.0 Å². The fourth-order valence-corrected chi connectivity index (χ4v) is 6.46. The van der Waals surface area contributed by atoms with Crippen LogP contribution in [0.15, 0.2) is 34.1 Å². The number of H-pyrrole nitrogens is 2. The molecule has 0 spiro atoms. The highest BCUT2D eigenvalue weighted by Crippen LogP contribution is 2.36. The molecule has 0 bridgehead atoms. The number of carbonyl (C=O) groups excluding carboxylic acids is 1. The van der Waals surface area contributed by atoms with Crippen LogP contribution in [0, 0.1) is 0 Å². The molecule has 3 N–H and O–H groups in total. The smallest absolute Gasteiger partial charge is 0.407 e. The minimum Gasteiger partial charge on any atom is -0.444 e. The number of sulfone groups is 1. The molecule has 2 atom stereocenters. The maximum absolute atomic E-state index is 13.4. The van der Waals surface area contributed by atoms with Crippen molar-refractivity contribution in [3.05, 3.63) is 39.8 Å². The minimum absolute atomic E-state index is 0.0270. The van der Waals surface area contributed by atoms with Crippen molar-refractivity contribution in [3.8, 4) is 0 Å². The first-order valence-corrected chi connectivity index (χ1v) is 11.9. The number of nitrogens with one attached hydrogen (secondary N) is 3. The van der Waals surface area contributed by atoms with E-state index in [1.165, 1.54) is 12.1 Å². The van der Waals surface area contributed by atoms with Crippen LogP contribution >= 0.6 is 11.6 Å². The van der Waals surface area contributed by atoms with Gasteiger partial charge in [0.25, 0.3) is 5.56 Å². The molecule has 8 nitrogen and oxygen atoms in total. The number of ether oxygens (including phenoxy) is 1. The van der Waals surface area contributed by atoms with E-state index in [4.69, 9.17) is 16.3 Å². The summed E-state index contributed by atoms with van der Waals surface area (Å²) in [6.07, 6.45) is 2.29. The van der Waals surface area contributed by atoms with Crippen LogP contribution in [0.3, 0.4) is 0 Å². The molecule has 1 saturated carbocycles. The molecular formula is C21H24ClN3O5S. The maximum Gasteiger partial charge on any atom is 0.407 e. The Hall–Kier alpha value is -2.52. The van der Waals surface area contributed by atoms with Crippen LogP contribution in [0.1, 0.15) is 40.0 Å². The molecule has 4 rings (SSSR count). The van der Waals surface area contributed by atoms with Gasteiger partial charge >= 0.3 is 6.09 Å². The van der Waals surface area contributed by atoms with E-state index in [1.807, 2.05) is 0 Å². The third kappa shape index (κ3) is 4.16. The number of halogens is 1. The summed E-state index contributed by atoms with van der Waals surface area (Å²) in [5, 5.41) is 3.37. The zero-order chi connectivity index (χ0) is 22.6. The zero-order valence-corrected chi connectivity index (χ0v) is 19.0.